The van der Waals surface area contributed by atoms with Crippen molar-refractivity contribution in [3.63, 3.8) is 0 Å². The van der Waals surface area contributed by atoms with Crippen LogP contribution >= 0.6 is 15.9 Å². The predicted octanol–water partition coefficient (Wildman–Crippen LogP) is 1.42. The minimum absolute atomic E-state index is 0.576. The van der Waals surface area contributed by atoms with Crippen LogP contribution < -0.4 is 10.1 Å². The number of carbonyl (C=O) groups is 2. The van der Waals surface area contributed by atoms with Crippen molar-refractivity contribution in [1.29, 1.82) is 0 Å². The minimum atomic E-state index is -1.36. The molecule has 6 nitrogen and oxygen atoms in total. The highest BCUT2D eigenvalue weighted by atomic mass is 79.9. The summed E-state index contributed by atoms with van der Waals surface area (Å²) in [6.07, 6.45) is 1.49. The summed E-state index contributed by atoms with van der Waals surface area (Å²) in [5.41, 5.74) is 0.658. The first-order chi connectivity index (χ1) is 9.85. The van der Waals surface area contributed by atoms with Gasteiger partial charge in [0.05, 0.1) is 13.2 Å². The Morgan fingerprint density at radius 1 is 1.43 bits per heavy atom. The highest BCUT2D eigenvalue weighted by Crippen LogP contribution is 2.23. The number of methoxy groups -OCH3 is 1. The number of amides is 1. The molecule has 1 aromatic carbocycles. The van der Waals surface area contributed by atoms with Crippen LogP contribution in [0.15, 0.2) is 28.7 Å². The fraction of sp³-hybridized carbons (Fsp3) is 0.286. The normalized spacial score (nSPS) is 13.7. The van der Waals surface area contributed by atoms with Crippen LogP contribution in [0.3, 0.4) is 0 Å². The van der Waals surface area contributed by atoms with E-state index in [1.54, 1.807) is 18.2 Å². The first kappa shape index (κ1) is 17.2. The van der Waals surface area contributed by atoms with Crippen LogP contribution in [0.25, 0.3) is 6.08 Å². The van der Waals surface area contributed by atoms with Crippen molar-refractivity contribution in [1.82, 2.24) is 5.32 Å². The number of hydrogen-bond acceptors (Lipinski definition) is 4. The molecule has 0 saturated heterocycles. The number of nitrogens with one attached hydrogen (secondary N) is 1. The number of halogens is 1. The number of carboxylic acids is 1. The van der Waals surface area contributed by atoms with Gasteiger partial charge in [-0.2, -0.15) is 0 Å². The van der Waals surface area contributed by atoms with E-state index >= 15 is 0 Å². The smallest absolute Gasteiger partial charge is 0.328 e. The Morgan fingerprint density at radius 3 is 2.62 bits per heavy atom. The van der Waals surface area contributed by atoms with E-state index < -0.39 is 24.0 Å². The number of aliphatic carboxylic acids is 1. The number of rotatable bonds is 6. The molecule has 0 fully saturated rings. The third kappa shape index (κ3) is 5.20. The van der Waals surface area contributed by atoms with Crippen molar-refractivity contribution in [3.8, 4) is 5.75 Å². The summed E-state index contributed by atoms with van der Waals surface area (Å²) in [7, 11) is 1.51. The lowest BCUT2D eigenvalue weighted by atomic mass is 10.1. The molecule has 2 unspecified atom stereocenters. The van der Waals surface area contributed by atoms with Crippen molar-refractivity contribution >= 4 is 33.9 Å². The highest BCUT2D eigenvalue weighted by Gasteiger charge is 2.23. The first-order valence-electron chi connectivity index (χ1n) is 6.08. The summed E-state index contributed by atoms with van der Waals surface area (Å²) >= 11 is 3.31. The van der Waals surface area contributed by atoms with Gasteiger partial charge < -0.3 is 20.3 Å². The standard InChI is InChI=1S/C14H16BrNO5/c1-8(17)13(14(19)20)16-12(18)6-3-9-7-10(15)4-5-11(9)21-2/h3-8,13,17H,1-2H3,(H,16,18)(H,19,20)/b6-3+. The molecule has 0 spiro atoms. The summed E-state index contributed by atoms with van der Waals surface area (Å²) in [5.74, 6) is -1.34. The molecule has 2 atom stereocenters. The topological polar surface area (TPSA) is 95.9 Å². The van der Waals surface area contributed by atoms with Crippen LogP contribution in [0, 0.1) is 0 Å². The summed E-state index contributed by atoms with van der Waals surface area (Å²) < 4.78 is 5.97. The van der Waals surface area contributed by atoms with Crippen LogP contribution in [0.5, 0.6) is 5.75 Å². The second-order valence-corrected chi connectivity index (χ2v) is 5.20. The first-order valence-corrected chi connectivity index (χ1v) is 6.87. The van der Waals surface area contributed by atoms with E-state index in [-0.39, 0.29) is 0 Å². The van der Waals surface area contributed by atoms with Gasteiger partial charge in [0.15, 0.2) is 6.04 Å². The van der Waals surface area contributed by atoms with E-state index in [2.05, 4.69) is 21.2 Å². The molecular weight excluding hydrogens is 342 g/mol. The Kier molecular flexibility index (Phi) is 6.39. The highest BCUT2D eigenvalue weighted by molar-refractivity contribution is 9.10. The number of benzene rings is 1. The van der Waals surface area contributed by atoms with Crippen molar-refractivity contribution in [2.45, 2.75) is 19.1 Å². The SMILES string of the molecule is COc1ccc(Br)cc1/C=C/C(=O)NC(C(=O)O)C(C)O. The van der Waals surface area contributed by atoms with Gasteiger partial charge in [-0.3, -0.25) is 4.79 Å². The van der Waals surface area contributed by atoms with Crippen molar-refractivity contribution < 1.29 is 24.5 Å². The number of aliphatic hydroxyl groups is 1. The molecule has 0 saturated carbocycles. The largest absolute Gasteiger partial charge is 0.496 e. The lowest BCUT2D eigenvalue weighted by molar-refractivity contribution is -0.144. The third-order valence-corrected chi connectivity index (χ3v) is 3.15. The van der Waals surface area contributed by atoms with Gasteiger partial charge in [-0.25, -0.2) is 4.79 Å². The van der Waals surface area contributed by atoms with E-state index in [1.807, 2.05) is 0 Å². The Balaban J connectivity index is 2.83. The molecule has 114 valence electrons. The van der Waals surface area contributed by atoms with E-state index in [0.29, 0.717) is 11.3 Å². The monoisotopic (exact) mass is 357 g/mol. The van der Waals surface area contributed by atoms with Crippen LogP contribution in [0.2, 0.25) is 0 Å². The molecule has 3 N–H and O–H groups in total. The summed E-state index contributed by atoms with van der Waals surface area (Å²) in [5, 5.41) is 20.4. The van der Waals surface area contributed by atoms with Crippen molar-refractivity contribution in [2.24, 2.45) is 0 Å². The second kappa shape index (κ2) is 7.80. The van der Waals surface area contributed by atoms with Gasteiger partial charge in [0.2, 0.25) is 5.91 Å². The minimum Gasteiger partial charge on any atom is -0.496 e. The molecule has 0 radical (unpaired) electrons. The second-order valence-electron chi connectivity index (χ2n) is 4.28. The van der Waals surface area contributed by atoms with Crippen LogP contribution in [-0.4, -0.2) is 41.3 Å². The van der Waals surface area contributed by atoms with Gasteiger partial charge in [-0.1, -0.05) is 15.9 Å². The number of ether oxygens (including phenoxy) is 1. The van der Waals surface area contributed by atoms with Gasteiger partial charge in [0, 0.05) is 16.1 Å². The molecule has 0 aliphatic heterocycles. The van der Waals surface area contributed by atoms with Crippen molar-refractivity contribution in [3.05, 3.63) is 34.3 Å². The van der Waals surface area contributed by atoms with E-state index in [4.69, 9.17) is 9.84 Å². The third-order valence-electron chi connectivity index (χ3n) is 2.65. The van der Waals surface area contributed by atoms with Crippen LogP contribution in [0.4, 0.5) is 0 Å². The molecule has 0 heterocycles. The zero-order valence-corrected chi connectivity index (χ0v) is 13.1. The Hall–Kier alpha value is -1.86. The van der Waals surface area contributed by atoms with Gasteiger partial charge in [0.25, 0.3) is 0 Å². The quantitative estimate of drug-likeness (QED) is 0.669. The Morgan fingerprint density at radius 2 is 2.10 bits per heavy atom. The van der Waals surface area contributed by atoms with Crippen LogP contribution in [-0.2, 0) is 9.59 Å². The van der Waals surface area contributed by atoms with Crippen molar-refractivity contribution in [2.75, 3.05) is 7.11 Å². The van der Waals surface area contributed by atoms with E-state index in [0.717, 1.165) is 4.47 Å². The maximum atomic E-state index is 11.7. The number of carboxylic acid groups (broad SMARTS) is 1. The summed E-state index contributed by atoms with van der Waals surface area (Å²) in [6.45, 7) is 1.29. The Labute approximate surface area is 130 Å². The molecule has 1 rings (SSSR count). The fourth-order valence-electron chi connectivity index (χ4n) is 1.59. The fourth-order valence-corrected chi connectivity index (χ4v) is 1.97. The molecule has 0 aromatic heterocycles. The predicted molar refractivity (Wildman–Crippen MR) is 81.0 cm³/mol. The lowest BCUT2D eigenvalue weighted by Gasteiger charge is -2.15. The molecule has 1 amide bonds. The van der Waals surface area contributed by atoms with E-state index in [9.17, 15) is 14.7 Å². The summed E-state index contributed by atoms with van der Waals surface area (Å²) in [6, 6.07) is 3.93. The van der Waals surface area contributed by atoms with Gasteiger partial charge in [0.1, 0.15) is 5.75 Å². The molecule has 0 aliphatic carbocycles. The van der Waals surface area contributed by atoms with Crippen LogP contribution in [0.1, 0.15) is 12.5 Å². The lowest BCUT2D eigenvalue weighted by Crippen LogP contribution is -2.47. The molecule has 1 aromatic rings. The number of hydrogen-bond donors (Lipinski definition) is 3. The molecular formula is C14H16BrNO5. The molecule has 0 bridgehead atoms. The zero-order chi connectivity index (χ0) is 16.0. The van der Waals surface area contributed by atoms with Gasteiger partial charge in [-0.05, 0) is 31.2 Å². The van der Waals surface area contributed by atoms with E-state index in [1.165, 1.54) is 26.2 Å². The number of carbonyl (C=O) groups excluding carboxylic acids is 1. The average Bonchev–Trinajstić information content (AvgIpc) is 2.42. The number of aliphatic hydroxyl groups excluding tert-OH is 1. The van der Waals surface area contributed by atoms with Gasteiger partial charge in [-0.15, -0.1) is 0 Å². The maximum Gasteiger partial charge on any atom is 0.328 e. The average molecular weight is 358 g/mol. The Bertz CT molecular complexity index is 556. The molecule has 0 aliphatic rings. The molecule has 21 heavy (non-hydrogen) atoms. The zero-order valence-electron chi connectivity index (χ0n) is 11.5. The molecule has 7 heteroatoms. The summed E-state index contributed by atoms with van der Waals surface area (Å²) in [4.78, 5) is 22.6. The van der Waals surface area contributed by atoms with Gasteiger partial charge >= 0.3 is 5.97 Å². The maximum absolute atomic E-state index is 11.7.